The van der Waals surface area contributed by atoms with E-state index in [0.29, 0.717) is 6.42 Å². The highest BCUT2D eigenvalue weighted by molar-refractivity contribution is 5.78. The second-order valence-electron chi connectivity index (χ2n) is 6.01. The molecule has 5 nitrogen and oxygen atoms in total. The summed E-state index contributed by atoms with van der Waals surface area (Å²) < 4.78 is 5.40. The number of methoxy groups -OCH3 is 1. The van der Waals surface area contributed by atoms with Crippen LogP contribution in [0.1, 0.15) is 27.2 Å². The maximum absolute atomic E-state index is 11.7. The summed E-state index contributed by atoms with van der Waals surface area (Å²) in [5, 5.41) is 9.60. The average Bonchev–Trinajstić information content (AvgIpc) is 2.29. The molecule has 1 unspecified atom stereocenters. The summed E-state index contributed by atoms with van der Waals surface area (Å²) in [5.41, 5.74) is -1.29. The van der Waals surface area contributed by atoms with E-state index in [1.165, 1.54) is 0 Å². The topological polar surface area (TPSA) is 53.0 Å². The van der Waals surface area contributed by atoms with Gasteiger partial charge in [0.1, 0.15) is 5.54 Å². The van der Waals surface area contributed by atoms with Gasteiger partial charge in [-0.2, -0.15) is 0 Å². The third kappa shape index (κ3) is 3.43. The van der Waals surface area contributed by atoms with Gasteiger partial charge < -0.3 is 14.7 Å². The number of likely N-dealkylation sites (N-methyl/N-ethyl adjacent to an activating group) is 1. The molecule has 0 aromatic rings. The lowest BCUT2D eigenvalue weighted by atomic mass is 9.85. The first-order valence-corrected chi connectivity index (χ1v) is 6.43. The SMILES string of the molecule is COC(C)(C)CC(C)(C(=O)O)N1CCN(C)CC1. The molecule has 0 saturated carbocycles. The highest BCUT2D eigenvalue weighted by Crippen LogP contribution is 2.29. The van der Waals surface area contributed by atoms with E-state index in [0.717, 1.165) is 26.2 Å². The fourth-order valence-corrected chi connectivity index (χ4v) is 2.52. The van der Waals surface area contributed by atoms with E-state index in [1.807, 2.05) is 13.8 Å². The summed E-state index contributed by atoms with van der Waals surface area (Å²) in [7, 11) is 3.70. The maximum Gasteiger partial charge on any atom is 0.323 e. The third-order valence-corrected chi connectivity index (χ3v) is 3.98. The normalized spacial score (nSPS) is 22.7. The van der Waals surface area contributed by atoms with E-state index in [-0.39, 0.29) is 0 Å². The number of carboxylic acid groups (broad SMARTS) is 1. The summed E-state index contributed by atoms with van der Waals surface area (Å²) in [4.78, 5) is 16.0. The Labute approximate surface area is 110 Å². The highest BCUT2D eigenvalue weighted by Gasteiger charge is 2.44. The van der Waals surface area contributed by atoms with Crippen molar-refractivity contribution in [2.45, 2.75) is 38.3 Å². The molecule has 18 heavy (non-hydrogen) atoms. The lowest BCUT2D eigenvalue weighted by Crippen LogP contribution is -2.61. The predicted molar refractivity (Wildman–Crippen MR) is 70.8 cm³/mol. The molecule has 5 heteroatoms. The van der Waals surface area contributed by atoms with Gasteiger partial charge in [-0.3, -0.25) is 9.69 Å². The smallest absolute Gasteiger partial charge is 0.323 e. The summed E-state index contributed by atoms with van der Waals surface area (Å²) in [6.07, 6.45) is 0.482. The van der Waals surface area contributed by atoms with Crippen LogP contribution in [0.15, 0.2) is 0 Å². The Morgan fingerprint density at radius 2 is 1.72 bits per heavy atom. The molecule has 0 radical (unpaired) electrons. The van der Waals surface area contributed by atoms with Gasteiger partial charge in [-0.25, -0.2) is 0 Å². The number of hydrogen-bond acceptors (Lipinski definition) is 4. The van der Waals surface area contributed by atoms with Crippen LogP contribution in [0.2, 0.25) is 0 Å². The molecule has 1 heterocycles. The van der Waals surface area contributed by atoms with E-state index >= 15 is 0 Å². The molecule has 1 rings (SSSR count). The lowest BCUT2D eigenvalue weighted by Gasteiger charge is -2.45. The molecule has 1 aliphatic rings. The van der Waals surface area contributed by atoms with Gasteiger partial charge in [0.2, 0.25) is 0 Å². The first-order chi connectivity index (χ1) is 8.21. The monoisotopic (exact) mass is 258 g/mol. The standard InChI is InChI=1S/C13H26N2O3/c1-12(2,18-5)10-13(3,11(16)17)15-8-6-14(4)7-9-15/h6-10H2,1-5H3,(H,16,17). The van der Waals surface area contributed by atoms with Crippen molar-refractivity contribution in [3.05, 3.63) is 0 Å². The number of carbonyl (C=O) groups is 1. The average molecular weight is 258 g/mol. The number of nitrogens with zero attached hydrogens (tertiary/aromatic N) is 2. The molecule has 1 fully saturated rings. The minimum absolute atomic E-state index is 0.434. The summed E-state index contributed by atoms with van der Waals surface area (Å²) >= 11 is 0. The predicted octanol–water partition coefficient (Wildman–Crippen LogP) is 0.892. The van der Waals surface area contributed by atoms with Crippen LogP contribution >= 0.6 is 0 Å². The number of hydrogen-bond donors (Lipinski definition) is 1. The van der Waals surface area contributed by atoms with Crippen LogP contribution in [0, 0.1) is 0 Å². The van der Waals surface area contributed by atoms with Crippen molar-refractivity contribution < 1.29 is 14.6 Å². The number of piperazine rings is 1. The number of carboxylic acids is 1. The fraction of sp³-hybridized carbons (Fsp3) is 0.923. The summed E-state index contributed by atoms with van der Waals surface area (Å²) in [6, 6.07) is 0. The molecule has 1 aliphatic heterocycles. The second kappa shape index (κ2) is 5.55. The molecular formula is C13H26N2O3. The zero-order chi connectivity index (χ0) is 14.0. The molecule has 0 aromatic carbocycles. The van der Waals surface area contributed by atoms with Gasteiger partial charge >= 0.3 is 5.97 Å². The van der Waals surface area contributed by atoms with Crippen molar-refractivity contribution in [1.82, 2.24) is 9.80 Å². The fourth-order valence-electron chi connectivity index (χ4n) is 2.52. The van der Waals surface area contributed by atoms with Gasteiger partial charge in [-0.15, -0.1) is 0 Å². The van der Waals surface area contributed by atoms with Gasteiger partial charge in [-0.05, 0) is 27.8 Å². The first kappa shape index (κ1) is 15.4. The number of ether oxygens (including phenoxy) is 1. The van der Waals surface area contributed by atoms with E-state index in [2.05, 4.69) is 16.8 Å². The molecule has 0 aliphatic carbocycles. The van der Waals surface area contributed by atoms with Crippen LogP contribution in [-0.4, -0.2) is 72.4 Å². The van der Waals surface area contributed by atoms with Crippen LogP contribution < -0.4 is 0 Å². The van der Waals surface area contributed by atoms with E-state index < -0.39 is 17.1 Å². The molecule has 0 amide bonds. The Morgan fingerprint density at radius 1 is 1.22 bits per heavy atom. The second-order valence-corrected chi connectivity index (χ2v) is 6.01. The molecule has 0 spiro atoms. The Hall–Kier alpha value is -0.650. The molecule has 1 atom stereocenters. The molecule has 0 bridgehead atoms. The van der Waals surface area contributed by atoms with Crippen LogP contribution in [0.4, 0.5) is 0 Å². The van der Waals surface area contributed by atoms with Crippen LogP contribution in [0.3, 0.4) is 0 Å². The van der Waals surface area contributed by atoms with Crippen molar-refractivity contribution in [2.75, 3.05) is 40.3 Å². The Balaban J connectivity index is 2.83. The Kier molecular flexibility index (Phi) is 4.75. The summed E-state index contributed by atoms with van der Waals surface area (Å²) in [5.74, 6) is -0.767. The van der Waals surface area contributed by atoms with Gasteiger partial charge in [0.15, 0.2) is 0 Å². The number of aliphatic carboxylic acids is 1. The Bertz CT molecular complexity index is 299. The van der Waals surface area contributed by atoms with Crippen LogP contribution in [-0.2, 0) is 9.53 Å². The zero-order valence-electron chi connectivity index (χ0n) is 12.2. The van der Waals surface area contributed by atoms with Gasteiger partial charge in [0, 0.05) is 39.7 Å². The molecule has 0 aromatic heterocycles. The van der Waals surface area contributed by atoms with Gasteiger partial charge in [0.05, 0.1) is 5.60 Å². The van der Waals surface area contributed by atoms with Crippen molar-refractivity contribution in [3.63, 3.8) is 0 Å². The van der Waals surface area contributed by atoms with E-state index in [9.17, 15) is 9.90 Å². The Morgan fingerprint density at radius 3 is 2.11 bits per heavy atom. The molecular weight excluding hydrogens is 232 g/mol. The largest absolute Gasteiger partial charge is 0.480 e. The van der Waals surface area contributed by atoms with Crippen molar-refractivity contribution >= 4 is 5.97 Å². The van der Waals surface area contributed by atoms with E-state index in [1.54, 1.807) is 14.0 Å². The number of rotatable bonds is 5. The third-order valence-electron chi connectivity index (χ3n) is 3.98. The van der Waals surface area contributed by atoms with E-state index in [4.69, 9.17) is 4.74 Å². The molecule has 1 N–H and O–H groups in total. The van der Waals surface area contributed by atoms with Crippen molar-refractivity contribution in [1.29, 1.82) is 0 Å². The quantitative estimate of drug-likeness (QED) is 0.794. The molecule has 1 saturated heterocycles. The van der Waals surface area contributed by atoms with Crippen LogP contribution in [0.25, 0.3) is 0 Å². The molecule has 106 valence electrons. The van der Waals surface area contributed by atoms with Crippen LogP contribution in [0.5, 0.6) is 0 Å². The van der Waals surface area contributed by atoms with Gasteiger partial charge in [0.25, 0.3) is 0 Å². The maximum atomic E-state index is 11.7. The van der Waals surface area contributed by atoms with Crippen molar-refractivity contribution in [3.8, 4) is 0 Å². The van der Waals surface area contributed by atoms with Gasteiger partial charge in [-0.1, -0.05) is 0 Å². The first-order valence-electron chi connectivity index (χ1n) is 6.43. The minimum atomic E-state index is -0.860. The summed E-state index contributed by atoms with van der Waals surface area (Å²) in [6.45, 7) is 9.08. The lowest BCUT2D eigenvalue weighted by molar-refractivity contribution is -0.157. The minimum Gasteiger partial charge on any atom is -0.480 e. The zero-order valence-corrected chi connectivity index (χ0v) is 12.2. The highest BCUT2D eigenvalue weighted by atomic mass is 16.5. The van der Waals surface area contributed by atoms with Crippen molar-refractivity contribution in [2.24, 2.45) is 0 Å².